The Kier molecular flexibility index (Phi) is 6.34. The molecule has 1 amide bonds. The summed E-state index contributed by atoms with van der Waals surface area (Å²) >= 11 is 1.90. The van der Waals surface area contributed by atoms with E-state index in [4.69, 9.17) is 5.73 Å². The minimum Gasteiger partial charge on any atom is -0.342 e. The summed E-state index contributed by atoms with van der Waals surface area (Å²) in [7, 11) is 0. The number of rotatable bonds is 7. The third-order valence-electron chi connectivity index (χ3n) is 3.51. The first kappa shape index (κ1) is 14.8. The Morgan fingerprint density at radius 2 is 2.24 bits per heavy atom. The predicted octanol–water partition coefficient (Wildman–Crippen LogP) is 2.11. The molecule has 0 bridgehead atoms. The van der Waals surface area contributed by atoms with Gasteiger partial charge in [-0.15, -0.1) is 0 Å². The summed E-state index contributed by atoms with van der Waals surface area (Å²) < 4.78 is 0. The van der Waals surface area contributed by atoms with Crippen LogP contribution in [0.2, 0.25) is 0 Å². The molecule has 3 nitrogen and oxygen atoms in total. The summed E-state index contributed by atoms with van der Waals surface area (Å²) in [6.45, 7) is 6.80. The van der Waals surface area contributed by atoms with Crippen molar-refractivity contribution in [3.63, 3.8) is 0 Å². The van der Waals surface area contributed by atoms with Gasteiger partial charge in [0.15, 0.2) is 0 Å². The number of nitrogens with two attached hydrogens (primary N) is 1. The maximum Gasteiger partial charge on any atom is 0.223 e. The molecule has 0 aromatic carbocycles. The molecule has 0 aliphatic carbocycles. The summed E-state index contributed by atoms with van der Waals surface area (Å²) in [5.74, 6) is 2.46. The van der Waals surface area contributed by atoms with Crippen LogP contribution in [0.4, 0.5) is 0 Å². The Hall–Kier alpha value is -0.220. The van der Waals surface area contributed by atoms with Gasteiger partial charge in [0.05, 0.1) is 0 Å². The van der Waals surface area contributed by atoms with Crippen LogP contribution in [0.5, 0.6) is 0 Å². The first-order valence-electron chi connectivity index (χ1n) is 6.67. The number of likely N-dealkylation sites (tertiary alicyclic amines) is 1. The highest BCUT2D eigenvalue weighted by Crippen LogP contribution is 2.28. The van der Waals surface area contributed by atoms with Gasteiger partial charge in [-0.1, -0.05) is 20.3 Å². The van der Waals surface area contributed by atoms with Crippen molar-refractivity contribution in [3.8, 4) is 0 Å². The van der Waals surface area contributed by atoms with Crippen LogP contribution >= 0.6 is 11.8 Å². The van der Waals surface area contributed by atoms with Gasteiger partial charge in [0.2, 0.25) is 5.91 Å². The summed E-state index contributed by atoms with van der Waals surface area (Å²) in [5.41, 5.74) is 5.90. The minimum atomic E-state index is 0.158. The van der Waals surface area contributed by atoms with Crippen molar-refractivity contribution in [1.29, 1.82) is 0 Å². The van der Waals surface area contributed by atoms with Crippen molar-refractivity contribution in [3.05, 3.63) is 0 Å². The number of unbranched alkanes of at least 4 members (excludes halogenated alkanes) is 1. The molecule has 0 aromatic rings. The van der Waals surface area contributed by atoms with Crippen LogP contribution in [-0.4, -0.2) is 41.9 Å². The van der Waals surface area contributed by atoms with Crippen molar-refractivity contribution in [2.75, 3.05) is 31.1 Å². The molecule has 1 heterocycles. The highest BCUT2D eigenvalue weighted by Gasteiger charge is 2.34. The third-order valence-corrected chi connectivity index (χ3v) is 4.58. The molecule has 0 radical (unpaired) electrons. The van der Waals surface area contributed by atoms with E-state index in [9.17, 15) is 4.79 Å². The van der Waals surface area contributed by atoms with Gasteiger partial charge in [0, 0.05) is 25.3 Å². The normalized spacial score (nSPS) is 24.3. The van der Waals surface area contributed by atoms with Crippen molar-refractivity contribution in [1.82, 2.24) is 4.90 Å². The largest absolute Gasteiger partial charge is 0.342 e. The number of amides is 1. The predicted molar refractivity (Wildman–Crippen MR) is 75.2 cm³/mol. The molecule has 0 saturated carbocycles. The van der Waals surface area contributed by atoms with E-state index in [0.717, 1.165) is 25.3 Å². The highest BCUT2D eigenvalue weighted by atomic mass is 32.2. The zero-order valence-corrected chi connectivity index (χ0v) is 12.0. The Bertz CT molecular complexity index is 248. The third kappa shape index (κ3) is 4.88. The number of thioether (sulfide) groups is 1. The second kappa shape index (κ2) is 7.27. The van der Waals surface area contributed by atoms with E-state index in [0.29, 0.717) is 18.9 Å². The molecular formula is C13H26N2OS. The van der Waals surface area contributed by atoms with Crippen LogP contribution in [-0.2, 0) is 4.79 Å². The van der Waals surface area contributed by atoms with E-state index in [1.54, 1.807) is 0 Å². The second-order valence-electron chi connectivity index (χ2n) is 5.30. The fourth-order valence-corrected chi connectivity index (χ4v) is 3.09. The van der Waals surface area contributed by atoms with E-state index in [-0.39, 0.29) is 5.41 Å². The smallest absolute Gasteiger partial charge is 0.223 e. The first-order valence-corrected chi connectivity index (χ1v) is 7.82. The van der Waals surface area contributed by atoms with Crippen molar-refractivity contribution >= 4 is 17.7 Å². The van der Waals surface area contributed by atoms with E-state index in [2.05, 4.69) is 13.8 Å². The number of hydrogen-bond donors (Lipinski definition) is 1. The summed E-state index contributed by atoms with van der Waals surface area (Å²) in [4.78, 5) is 13.9. The molecule has 0 spiro atoms. The average molecular weight is 258 g/mol. The Morgan fingerprint density at radius 3 is 2.82 bits per heavy atom. The van der Waals surface area contributed by atoms with Gasteiger partial charge in [-0.3, -0.25) is 4.79 Å². The zero-order chi connectivity index (χ0) is 12.7. The highest BCUT2D eigenvalue weighted by molar-refractivity contribution is 7.99. The Labute approximate surface area is 109 Å². The van der Waals surface area contributed by atoms with Crippen LogP contribution in [0.3, 0.4) is 0 Å². The Balaban J connectivity index is 2.17. The molecule has 1 rings (SSSR count). The lowest BCUT2D eigenvalue weighted by Crippen LogP contribution is -2.34. The second-order valence-corrected chi connectivity index (χ2v) is 6.52. The van der Waals surface area contributed by atoms with Gasteiger partial charge in [-0.25, -0.2) is 0 Å². The molecule has 1 saturated heterocycles. The number of nitrogens with zero attached hydrogens (tertiary/aromatic N) is 1. The quantitative estimate of drug-likeness (QED) is 0.711. The maximum atomic E-state index is 12.0. The fourth-order valence-electron chi connectivity index (χ4n) is 2.07. The van der Waals surface area contributed by atoms with E-state index >= 15 is 0 Å². The molecule has 1 aliphatic rings. The zero-order valence-electron chi connectivity index (χ0n) is 11.2. The Morgan fingerprint density at radius 1 is 1.47 bits per heavy atom. The molecule has 4 heteroatoms. The lowest BCUT2D eigenvalue weighted by molar-refractivity contribution is -0.130. The fraction of sp³-hybridized carbons (Fsp3) is 0.923. The van der Waals surface area contributed by atoms with E-state index in [1.807, 2.05) is 16.7 Å². The molecule has 2 N–H and O–H groups in total. The summed E-state index contributed by atoms with van der Waals surface area (Å²) in [6, 6.07) is 0. The van der Waals surface area contributed by atoms with Crippen molar-refractivity contribution in [2.45, 2.75) is 39.5 Å². The number of carbonyl (C=O) groups is 1. The van der Waals surface area contributed by atoms with Crippen molar-refractivity contribution in [2.24, 2.45) is 11.1 Å². The summed E-state index contributed by atoms with van der Waals surface area (Å²) in [6.07, 6.45) is 4.24. The SMILES string of the molecule is CCCCSCCC(=O)N1CCC(C)(CN)C1. The molecule has 0 aromatic heterocycles. The van der Waals surface area contributed by atoms with Crippen molar-refractivity contribution < 1.29 is 4.79 Å². The van der Waals surface area contributed by atoms with Crippen LogP contribution in [0.15, 0.2) is 0 Å². The topological polar surface area (TPSA) is 46.3 Å². The average Bonchev–Trinajstić information content (AvgIpc) is 2.72. The van der Waals surface area contributed by atoms with Crippen LogP contribution < -0.4 is 5.73 Å². The molecule has 1 aliphatic heterocycles. The molecule has 17 heavy (non-hydrogen) atoms. The van der Waals surface area contributed by atoms with Gasteiger partial charge >= 0.3 is 0 Å². The van der Waals surface area contributed by atoms with Crippen LogP contribution in [0.25, 0.3) is 0 Å². The summed E-state index contributed by atoms with van der Waals surface area (Å²) in [5, 5.41) is 0. The lowest BCUT2D eigenvalue weighted by Gasteiger charge is -2.22. The first-order chi connectivity index (χ1) is 8.11. The van der Waals surface area contributed by atoms with Gasteiger partial charge in [-0.05, 0) is 30.6 Å². The lowest BCUT2D eigenvalue weighted by atomic mass is 9.90. The van der Waals surface area contributed by atoms with E-state index in [1.165, 1.54) is 18.6 Å². The minimum absolute atomic E-state index is 0.158. The maximum absolute atomic E-state index is 12.0. The van der Waals surface area contributed by atoms with Gasteiger partial charge in [0.1, 0.15) is 0 Å². The van der Waals surface area contributed by atoms with Crippen LogP contribution in [0.1, 0.15) is 39.5 Å². The number of carbonyl (C=O) groups excluding carboxylic acids is 1. The van der Waals surface area contributed by atoms with Gasteiger partial charge in [-0.2, -0.15) is 11.8 Å². The molecule has 1 fully saturated rings. The molecule has 100 valence electrons. The number of hydrogen-bond acceptors (Lipinski definition) is 3. The van der Waals surface area contributed by atoms with Gasteiger partial charge < -0.3 is 10.6 Å². The van der Waals surface area contributed by atoms with E-state index < -0.39 is 0 Å². The molecule has 1 unspecified atom stereocenters. The standard InChI is InChI=1S/C13H26N2OS/c1-3-4-8-17-9-5-12(16)15-7-6-13(2,10-14)11-15/h3-11,14H2,1-2H3. The molecule has 1 atom stereocenters. The van der Waals surface area contributed by atoms with Crippen LogP contribution in [0, 0.1) is 5.41 Å². The monoisotopic (exact) mass is 258 g/mol. The van der Waals surface area contributed by atoms with Gasteiger partial charge in [0.25, 0.3) is 0 Å². The molecular weight excluding hydrogens is 232 g/mol.